The van der Waals surface area contributed by atoms with E-state index < -0.39 is 6.04 Å². The molecule has 0 aliphatic rings. The quantitative estimate of drug-likeness (QED) is 0.282. The van der Waals surface area contributed by atoms with Crippen LogP contribution in [-0.2, 0) is 28.0 Å². The Labute approximate surface area is 236 Å². The molecule has 1 N–H and O–H groups in total. The van der Waals surface area contributed by atoms with Gasteiger partial charge in [-0.3, -0.25) is 9.59 Å². The van der Waals surface area contributed by atoms with Gasteiger partial charge < -0.3 is 15.0 Å². The molecule has 0 fully saturated rings. The number of hydrogen-bond acceptors (Lipinski definition) is 3. The van der Waals surface area contributed by atoms with Crippen molar-refractivity contribution in [3.63, 3.8) is 0 Å². The van der Waals surface area contributed by atoms with Gasteiger partial charge >= 0.3 is 0 Å². The number of nitrogens with zero attached hydrogens (tertiary/aromatic N) is 1. The maximum absolute atomic E-state index is 13.8. The molecule has 0 unspecified atom stereocenters. The highest BCUT2D eigenvalue weighted by Gasteiger charge is 2.31. The van der Waals surface area contributed by atoms with Gasteiger partial charge in [-0.25, -0.2) is 0 Å². The zero-order valence-electron chi connectivity index (χ0n) is 22.5. The van der Waals surface area contributed by atoms with E-state index in [9.17, 15) is 9.59 Å². The lowest BCUT2D eigenvalue weighted by Crippen LogP contribution is -2.51. The van der Waals surface area contributed by atoms with Gasteiger partial charge in [0, 0.05) is 29.6 Å². The van der Waals surface area contributed by atoms with Crippen LogP contribution in [0.5, 0.6) is 5.75 Å². The standard InChI is InChI=1S/C31H36Cl2N2O3/c1-5-17-34-30(37)27(18-22-11-7-6-8-12-22)35(20-23-15-16-24(32)19-26(23)33)29(36)21-38-28-14-10-9-13-25(28)31(2,3)4/h6-16,19,27H,5,17-18,20-21H2,1-4H3,(H,34,37)/t27-/m1/s1. The van der Waals surface area contributed by atoms with E-state index in [0.29, 0.717) is 34.3 Å². The van der Waals surface area contributed by atoms with E-state index in [4.69, 9.17) is 27.9 Å². The lowest BCUT2D eigenvalue weighted by molar-refractivity contribution is -0.142. The van der Waals surface area contributed by atoms with Gasteiger partial charge in [0.2, 0.25) is 5.91 Å². The average Bonchev–Trinajstić information content (AvgIpc) is 2.89. The molecule has 5 nitrogen and oxygen atoms in total. The molecular weight excluding hydrogens is 519 g/mol. The molecule has 2 amide bonds. The van der Waals surface area contributed by atoms with Gasteiger partial charge in [0.25, 0.3) is 5.91 Å². The summed E-state index contributed by atoms with van der Waals surface area (Å²) in [6, 6.07) is 21.8. The minimum absolute atomic E-state index is 0.135. The lowest BCUT2D eigenvalue weighted by atomic mass is 9.86. The third-order valence-corrected chi connectivity index (χ3v) is 6.81. The summed E-state index contributed by atoms with van der Waals surface area (Å²) in [6.45, 7) is 8.72. The number of para-hydroxylation sites is 1. The SMILES string of the molecule is CCCNC(=O)[C@@H](Cc1ccccc1)N(Cc1ccc(Cl)cc1Cl)C(=O)COc1ccccc1C(C)(C)C. The van der Waals surface area contributed by atoms with Crippen LogP contribution in [-0.4, -0.2) is 35.9 Å². The van der Waals surface area contributed by atoms with Gasteiger partial charge in [0.05, 0.1) is 0 Å². The molecule has 0 aromatic heterocycles. The van der Waals surface area contributed by atoms with E-state index in [1.165, 1.54) is 0 Å². The summed E-state index contributed by atoms with van der Waals surface area (Å²) >= 11 is 12.6. The van der Waals surface area contributed by atoms with E-state index in [2.05, 4.69) is 26.1 Å². The van der Waals surface area contributed by atoms with Crippen LogP contribution >= 0.6 is 23.2 Å². The molecule has 202 valence electrons. The first-order valence-electron chi connectivity index (χ1n) is 12.9. The van der Waals surface area contributed by atoms with Crippen LogP contribution in [0, 0.1) is 0 Å². The monoisotopic (exact) mass is 554 g/mol. The molecule has 0 bridgehead atoms. The number of rotatable bonds is 11. The van der Waals surface area contributed by atoms with Crippen molar-refractivity contribution in [2.45, 2.75) is 58.5 Å². The molecule has 0 saturated carbocycles. The summed E-state index contributed by atoms with van der Waals surface area (Å²) in [7, 11) is 0. The summed E-state index contributed by atoms with van der Waals surface area (Å²) in [5, 5.41) is 3.91. The van der Waals surface area contributed by atoms with Crippen LogP contribution in [0.3, 0.4) is 0 Å². The second-order valence-corrected chi connectivity index (χ2v) is 11.1. The van der Waals surface area contributed by atoms with Crippen molar-refractivity contribution < 1.29 is 14.3 Å². The first-order valence-corrected chi connectivity index (χ1v) is 13.6. The van der Waals surface area contributed by atoms with Gasteiger partial charge in [-0.15, -0.1) is 0 Å². The number of nitrogens with one attached hydrogen (secondary N) is 1. The van der Waals surface area contributed by atoms with E-state index in [0.717, 1.165) is 17.5 Å². The number of carbonyl (C=O) groups is 2. The van der Waals surface area contributed by atoms with Crippen molar-refractivity contribution in [2.75, 3.05) is 13.2 Å². The van der Waals surface area contributed by atoms with Crippen LogP contribution in [0.4, 0.5) is 0 Å². The van der Waals surface area contributed by atoms with Gasteiger partial charge in [-0.1, -0.05) is 105 Å². The third-order valence-electron chi connectivity index (χ3n) is 6.22. The van der Waals surface area contributed by atoms with E-state index in [1.54, 1.807) is 23.1 Å². The summed E-state index contributed by atoms with van der Waals surface area (Å²) in [4.78, 5) is 28.8. The lowest BCUT2D eigenvalue weighted by Gasteiger charge is -2.32. The molecule has 0 spiro atoms. The molecule has 0 heterocycles. The second kappa shape index (κ2) is 13.7. The topological polar surface area (TPSA) is 58.6 Å². The van der Waals surface area contributed by atoms with E-state index in [-0.39, 0.29) is 30.4 Å². The smallest absolute Gasteiger partial charge is 0.261 e. The average molecular weight is 556 g/mol. The number of amides is 2. The highest BCUT2D eigenvalue weighted by Crippen LogP contribution is 2.31. The fourth-order valence-corrected chi connectivity index (χ4v) is 4.66. The van der Waals surface area contributed by atoms with Gasteiger partial charge in [0.1, 0.15) is 11.8 Å². The van der Waals surface area contributed by atoms with Gasteiger partial charge in [-0.05, 0) is 46.7 Å². The largest absolute Gasteiger partial charge is 0.483 e. The summed E-state index contributed by atoms with van der Waals surface area (Å²) < 4.78 is 6.08. The molecular formula is C31H36Cl2N2O3. The second-order valence-electron chi connectivity index (χ2n) is 10.3. The molecule has 3 aromatic rings. The predicted octanol–water partition coefficient (Wildman–Crippen LogP) is 6.84. The molecule has 1 atom stereocenters. The number of carbonyl (C=O) groups excluding carboxylic acids is 2. The zero-order valence-corrected chi connectivity index (χ0v) is 24.0. The Hall–Kier alpha value is -3.02. The van der Waals surface area contributed by atoms with Gasteiger partial charge in [-0.2, -0.15) is 0 Å². The zero-order chi connectivity index (χ0) is 27.7. The highest BCUT2D eigenvalue weighted by atomic mass is 35.5. The van der Waals surface area contributed by atoms with Crippen LogP contribution in [0.25, 0.3) is 0 Å². The first kappa shape index (κ1) is 29.5. The number of benzene rings is 3. The van der Waals surface area contributed by atoms with Crippen LogP contribution in [0.15, 0.2) is 72.8 Å². The molecule has 0 aliphatic carbocycles. The van der Waals surface area contributed by atoms with Crippen molar-refractivity contribution in [1.82, 2.24) is 10.2 Å². The van der Waals surface area contributed by atoms with Crippen molar-refractivity contribution in [1.29, 1.82) is 0 Å². The Morgan fingerprint density at radius 3 is 2.32 bits per heavy atom. The maximum atomic E-state index is 13.8. The van der Waals surface area contributed by atoms with Crippen LogP contribution < -0.4 is 10.1 Å². The van der Waals surface area contributed by atoms with Crippen LogP contribution in [0.1, 0.15) is 50.8 Å². The molecule has 0 radical (unpaired) electrons. The molecule has 0 aliphatic heterocycles. The normalized spacial score (nSPS) is 12.1. The fraction of sp³-hybridized carbons (Fsp3) is 0.355. The Morgan fingerprint density at radius 1 is 0.974 bits per heavy atom. The van der Waals surface area contributed by atoms with Crippen molar-refractivity contribution in [3.05, 3.63) is 99.5 Å². The van der Waals surface area contributed by atoms with Crippen LogP contribution in [0.2, 0.25) is 10.0 Å². The van der Waals surface area contributed by atoms with Crippen molar-refractivity contribution >= 4 is 35.0 Å². The predicted molar refractivity (Wildman–Crippen MR) is 155 cm³/mol. The third kappa shape index (κ3) is 8.24. The number of hydrogen-bond donors (Lipinski definition) is 1. The van der Waals surface area contributed by atoms with Crippen molar-refractivity contribution in [3.8, 4) is 5.75 Å². The molecule has 7 heteroatoms. The first-order chi connectivity index (χ1) is 18.1. The van der Waals surface area contributed by atoms with Crippen molar-refractivity contribution in [2.24, 2.45) is 0 Å². The number of ether oxygens (including phenoxy) is 1. The molecule has 0 saturated heterocycles. The minimum atomic E-state index is -0.760. The summed E-state index contributed by atoms with van der Waals surface area (Å²) in [5.41, 5.74) is 2.48. The Morgan fingerprint density at radius 2 is 1.66 bits per heavy atom. The minimum Gasteiger partial charge on any atom is -0.483 e. The molecule has 38 heavy (non-hydrogen) atoms. The Kier molecular flexibility index (Phi) is 10.6. The Balaban J connectivity index is 1.96. The summed E-state index contributed by atoms with van der Waals surface area (Å²) in [5.74, 6) is 0.115. The maximum Gasteiger partial charge on any atom is 0.261 e. The van der Waals surface area contributed by atoms with E-state index in [1.807, 2.05) is 61.5 Å². The Bertz CT molecular complexity index is 1230. The molecule has 3 aromatic carbocycles. The number of halogens is 2. The van der Waals surface area contributed by atoms with Gasteiger partial charge in [0.15, 0.2) is 6.61 Å². The fourth-order valence-electron chi connectivity index (χ4n) is 4.19. The highest BCUT2D eigenvalue weighted by molar-refractivity contribution is 6.35. The molecule has 3 rings (SSSR count). The van der Waals surface area contributed by atoms with E-state index >= 15 is 0 Å². The summed E-state index contributed by atoms with van der Waals surface area (Å²) in [6.07, 6.45) is 1.14.